The summed E-state index contributed by atoms with van der Waals surface area (Å²) in [6, 6.07) is 0.0491. The van der Waals surface area contributed by atoms with Crippen molar-refractivity contribution in [2.24, 2.45) is 0 Å². The Kier molecular flexibility index (Phi) is 3.33. The van der Waals surface area contributed by atoms with Gasteiger partial charge in [0, 0.05) is 12.1 Å². The second-order valence-electron chi connectivity index (χ2n) is 4.68. The van der Waals surface area contributed by atoms with Gasteiger partial charge < -0.3 is 10.1 Å². The van der Waals surface area contributed by atoms with Crippen LogP contribution in [0.4, 0.5) is 0 Å². The van der Waals surface area contributed by atoms with Gasteiger partial charge in [-0.3, -0.25) is 9.69 Å². The number of rotatable bonds is 2. The standard InChI is InChI=1S/C13H18N2O2/c1-9(2)13(16)14-11-4-5-12-10(6-11)7-15(3)8-17-12/h4-5,11H,1,6-8H2,2-3H3,(H,14,16). The summed E-state index contributed by atoms with van der Waals surface area (Å²) in [5.74, 6) is 0.873. The Hall–Kier alpha value is -1.55. The number of amides is 1. The third-order valence-electron chi connectivity index (χ3n) is 2.90. The summed E-state index contributed by atoms with van der Waals surface area (Å²) < 4.78 is 5.58. The van der Waals surface area contributed by atoms with Crippen molar-refractivity contribution in [2.45, 2.75) is 19.4 Å². The molecule has 92 valence electrons. The smallest absolute Gasteiger partial charge is 0.246 e. The van der Waals surface area contributed by atoms with Crippen LogP contribution >= 0.6 is 0 Å². The van der Waals surface area contributed by atoms with Gasteiger partial charge in [-0.25, -0.2) is 0 Å². The minimum Gasteiger partial charge on any atom is -0.478 e. The summed E-state index contributed by atoms with van der Waals surface area (Å²) in [4.78, 5) is 13.6. The highest BCUT2D eigenvalue weighted by Crippen LogP contribution is 2.24. The highest BCUT2D eigenvalue weighted by atomic mass is 16.5. The first-order valence-corrected chi connectivity index (χ1v) is 5.74. The normalized spacial score (nSPS) is 24.0. The predicted octanol–water partition coefficient (Wildman–Crippen LogP) is 1.18. The van der Waals surface area contributed by atoms with Crippen LogP contribution < -0.4 is 5.32 Å². The van der Waals surface area contributed by atoms with E-state index in [1.807, 2.05) is 19.2 Å². The van der Waals surface area contributed by atoms with Crippen molar-refractivity contribution in [3.05, 3.63) is 35.6 Å². The topological polar surface area (TPSA) is 41.6 Å². The molecule has 1 aliphatic carbocycles. The summed E-state index contributed by atoms with van der Waals surface area (Å²) in [5, 5.41) is 2.93. The molecule has 0 aromatic carbocycles. The fourth-order valence-corrected chi connectivity index (χ4v) is 1.99. The molecule has 1 amide bonds. The van der Waals surface area contributed by atoms with E-state index in [9.17, 15) is 4.79 Å². The van der Waals surface area contributed by atoms with Crippen LogP contribution in [0.3, 0.4) is 0 Å². The first-order chi connectivity index (χ1) is 8.06. The molecular weight excluding hydrogens is 216 g/mol. The van der Waals surface area contributed by atoms with Crippen molar-refractivity contribution in [1.29, 1.82) is 0 Å². The van der Waals surface area contributed by atoms with Gasteiger partial charge in [-0.15, -0.1) is 0 Å². The maximum absolute atomic E-state index is 11.5. The van der Waals surface area contributed by atoms with Crippen molar-refractivity contribution in [3.8, 4) is 0 Å². The first-order valence-electron chi connectivity index (χ1n) is 5.74. The second kappa shape index (κ2) is 4.75. The fourth-order valence-electron chi connectivity index (χ4n) is 1.99. The summed E-state index contributed by atoms with van der Waals surface area (Å²) in [7, 11) is 2.02. The van der Waals surface area contributed by atoms with Gasteiger partial charge in [-0.05, 0) is 32.0 Å². The average molecular weight is 234 g/mol. The Morgan fingerprint density at radius 3 is 3.12 bits per heavy atom. The molecule has 1 aliphatic heterocycles. The van der Waals surface area contributed by atoms with Gasteiger partial charge in [-0.1, -0.05) is 12.7 Å². The van der Waals surface area contributed by atoms with Crippen molar-refractivity contribution in [2.75, 3.05) is 20.3 Å². The van der Waals surface area contributed by atoms with Gasteiger partial charge in [0.15, 0.2) is 0 Å². The Labute approximate surface area is 102 Å². The summed E-state index contributed by atoms with van der Waals surface area (Å²) in [6.07, 6.45) is 4.75. The van der Waals surface area contributed by atoms with Crippen LogP contribution in [-0.4, -0.2) is 37.2 Å². The molecule has 0 spiro atoms. The summed E-state index contributed by atoms with van der Waals surface area (Å²) in [6.45, 7) is 6.88. The van der Waals surface area contributed by atoms with Crippen molar-refractivity contribution >= 4 is 5.91 Å². The third-order valence-corrected chi connectivity index (χ3v) is 2.90. The Bertz CT molecular complexity index is 410. The number of hydrogen-bond acceptors (Lipinski definition) is 3. The number of nitrogens with zero attached hydrogens (tertiary/aromatic N) is 1. The lowest BCUT2D eigenvalue weighted by Crippen LogP contribution is -2.38. The van der Waals surface area contributed by atoms with E-state index in [0.717, 1.165) is 18.7 Å². The van der Waals surface area contributed by atoms with Crippen LogP contribution in [0.2, 0.25) is 0 Å². The molecule has 4 nitrogen and oxygen atoms in total. The lowest BCUT2D eigenvalue weighted by molar-refractivity contribution is -0.117. The molecule has 2 aliphatic rings. The van der Waals surface area contributed by atoms with Crippen LogP contribution in [0, 0.1) is 0 Å². The molecule has 0 radical (unpaired) electrons. The highest BCUT2D eigenvalue weighted by molar-refractivity contribution is 5.92. The van der Waals surface area contributed by atoms with E-state index in [1.165, 1.54) is 5.57 Å². The maximum Gasteiger partial charge on any atom is 0.246 e. The van der Waals surface area contributed by atoms with Gasteiger partial charge in [-0.2, -0.15) is 0 Å². The molecule has 1 atom stereocenters. The average Bonchev–Trinajstić information content (AvgIpc) is 2.28. The van der Waals surface area contributed by atoms with Gasteiger partial charge in [0.25, 0.3) is 0 Å². The Morgan fingerprint density at radius 2 is 2.41 bits per heavy atom. The van der Waals surface area contributed by atoms with Crippen molar-refractivity contribution < 1.29 is 9.53 Å². The SMILES string of the molecule is C=C(C)C(=O)NC1C=CC2=C(C1)CN(C)CO2. The number of likely N-dealkylation sites (N-methyl/N-ethyl adjacent to an activating group) is 1. The maximum atomic E-state index is 11.5. The monoisotopic (exact) mass is 234 g/mol. The van der Waals surface area contributed by atoms with E-state index in [2.05, 4.69) is 16.8 Å². The number of carbonyl (C=O) groups excluding carboxylic acids is 1. The van der Waals surface area contributed by atoms with Crippen LogP contribution in [0.15, 0.2) is 35.6 Å². The van der Waals surface area contributed by atoms with Crippen LogP contribution in [0.1, 0.15) is 13.3 Å². The number of hydrogen-bond donors (Lipinski definition) is 1. The highest BCUT2D eigenvalue weighted by Gasteiger charge is 2.23. The van der Waals surface area contributed by atoms with E-state index >= 15 is 0 Å². The second-order valence-corrected chi connectivity index (χ2v) is 4.68. The van der Waals surface area contributed by atoms with Gasteiger partial charge in [0.05, 0.1) is 6.04 Å². The predicted molar refractivity (Wildman–Crippen MR) is 66.1 cm³/mol. The minimum absolute atomic E-state index is 0.0491. The minimum atomic E-state index is -0.0891. The van der Waals surface area contributed by atoms with Crippen LogP contribution in [0.5, 0.6) is 0 Å². The van der Waals surface area contributed by atoms with E-state index in [4.69, 9.17) is 4.74 Å². The zero-order chi connectivity index (χ0) is 12.4. The third kappa shape index (κ3) is 2.77. The summed E-state index contributed by atoms with van der Waals surface area (Å²) in [5.41, 5.74) is 1.78. The van der Waals surface area contributed by atoms with Gasteiger partial charge in [0.1, 0.15) is 12.5 Å². The number of allylic oxidation sites excluding steroid dienone is 1. The molecule has 0 bridgehead atoms. The molecule has 1 heterocycles. The first kappa shape index (κ1) is 11.9. The number of nitrogens with one attached hydrogen (secondary N) is 1. The zero-order valence-corrected chi connectivity index (χ0v) is 10.3. The van der Waals surface area contributed by atoms with E-state index < -0.39 is 0 Å². The van der Waals surface area contributed by atoms with E-state index in [-0.39, 0.29) is 11.9 Å². The molecule has 0 aromatic heterocycles. The molecule has 0 saturated heterocycles. The number of ether oxygens (including phenoxy) is 1. The Morgan fingerprint density at radius 1 is 1.65 bits per heavy atom. The van der Waals surface area contributed by atoms with E-state index in [0.29, 0.717) is 12.3 Å². The lowest BCUT2D eigenvalue weighted by Gasteiger charge is -2.31. The molecular formula is C13H18N2O2. The largest absolute Gasteiger partial charge is 0.478 e. The molecule has 4 heteroatoms. The molecule has 0 fully saturated rings. The van der Waals surface area contributed by atoms with Crippen molar-refractivity contribution in [1.82, 2.24) is 10.2 Å². The fraction of sp³-hybridized carbons (Fsp3) is 0.462. The van der Waals surface area contributed by atoms with Gasteiger partial charge in [0.2, 0.25) is 5.91 Å². The quantitative estimate of drug-likeness (QED) is 0.729. The zero-order valence-electron chi connectivity index (χ0n) is 10.3. The molecule has 1 N–H and O–H groups in total. The summed E-state index contributed by atoms with van der Waals surface area (Å²) >= 11 is 0. The molecule has 1 unspecified atom stereocenters. The lowest BCUT2D eigenvalue weighted by atomic mass is 9.97. The molecule has 0 aromatic rings. The molecule has 17 heavy (non-hydrogen) atoms. The molecule has 2 rings (SSSR count). The van der Waals surface area contributed by atoms with Crippen molar-refractivity contribution in [3.63, 3.8) is 0 Å². The van der Waals surface area contributed by atoms with Gasteiger partial charge >= 0.3 is 0 Å². The Balaban J connectivity index is 1.99. The van der Waals surface area contributed by atoms with E-state index in [1.54, 1.807) is 6.92 Å². The van der Waals surface area contributed by atoms with Crippen LogP contribution in [0.25, 0.3) is 0 Å². The van der Waals surface area contributed by atoms with Crippen LogP contribution in [-0.2, 0) is 9.53 Å². The molecule has 0 saturated carbocycles. The number of carbonyl (C=O) groups is 1.